The number of hydrogen-bond donors (Lipinski definition) is 2. The average molecular weight is 267 g/mol. The van der Waals surface area contributed by atoms with Gasteiger partial charge in [0.15, 0.2) is 0 Å². The van der Waals surface area contributed by atoms with E-state index in [9.17, 15) is 9.59 Å². The third-order valence-electron chi connectivity index (χ3n) is 4.83. The van der Waals surface area contributed by atoms with Crippen LogP contribution in [-0.2, 0) is 9.59 Å². The zero-order valence-corrected chi connectivity index (χ0v) is 11.8. The molecular weight excluding hydrogens is 242 g/mol. The smallest absolute Gasteiger partial charge is 0.305 e. The highest BCUT2D eigenvalue weighted by molar-refractivity contribution is 5.80. The van der Waals surface area contributed by atoms with Gasteiger partial charge in [0.05, 0.1) is 12.0 Å². The number of carbonyl (C=O) groups is 2. The molecule has 0 atom stereocenters. The highest BCUT2D eigenvalue weighted by Crippen LogP contribution is 2.34. The van der Waals surface area contributed by atoms with E-state index in [2.05, 4.69) is 12.2 Å². The Morgan fingerprint density at radius 2 is 1.74 bits per heavy atom. The number of carboxylic acids is 1. The van der Waals surface area contributed by atoms with E-state index in [4.69, 9.17) is 5.11 Å². The van der Waals surface area contributed by atoms with Gasteiger partial charge in [-0.25, -0.2) is 0 Å². The number of carbonyl (C=O) groups excluding carboxylic acids is 1. The van der Waals surface area contributed by atoms with Gasteiger partial charge in [-0.1, -0.05) is 19.8 Å². The van der Waals surface area contributed by atoms with Crippen LogP contribution in [0.3, 0.4) is 0 Å². The fourth-order valence-electron chi connectivity index (χ4n) is 3.57. The molecular formula is C15H25NO3. The molecule has 0 aromatic carbocycles. The summed E-state index contributed by atoms with van der Waals surface area (Å²) in [5.74, 6) is 0.112. The largest absolute Gasteiger partial charge is 0.481 e. The fourth-order valence-corrected chi connectivity index (χ4v) is 3.57. The van der Waals surface area contributed by atoms with Gasteiger partial charge in [0.1, 0.15) is 0 Å². The van der Waals surface area contributed by atoms with Gasteiger partial charge in [-0.3, -0.25) is 9.59 Å². The van der Waals surface area contributed by atoms with Gasteiger partial charge < -0.3 is 10.4 Å². The van der Waals surface area contributed by atoms with E-state index in [-0.39, 0.29) is 18.2 Å². The third kappa shape index (κ3) is 3.71. The minimum Gasteiger partial charge on any atom is -0.481 e. The quantitative estimate of drug-likeness (QED) is 0.823. The second kappa shape index (κ2) is 5.93. The molecule has 19 heavy (non-hydrogen) atoms. The van der Waals surface area contributed by atoms with Gasteiger partial charge >= 0.3 is 5.97 Å². The molecule has 0 aliphatic heterocycles. The maximum absolute atomic E-state index is 12.3. The first-order valence-corrected chi connectivity index (χ1v) is 7.55. The van der Waals surface area contributed by atoms with Crippen LogP contribution in [0.5, 0.6) is 0 Å². The second-order valence-corrected chi connectivity index (χ2v) is 6.50. The number of amides is 1. The Labute approximate surface area is 115 Å². The predicted molar refractivity (Wildman–Crippen MR) is 72.7 cm³/mol. The highest BCUT2D eigenvalue weighted by atomic mass is 16.4. The van der Waals surface area contributed by atoms with Crippen LogP contribution >= 0.6 is 0 Å². The first kappa shape index (κ1) is 14.4. The van der Waals surface area contributed by atoms with Crippen molar-refractivity contribution >= 4 is 11.9 Å². The molecule has 2 saturated carbocycles. The summed E-state index contributed by atoms with van der Waals surface area (Å²) in [5.41, 5.74) is -0.466. The number of carboxylic acid groups (broad SMARTS) is 1. The van der Waals surface area contributed by atoms with Gasteiger partial charge in [-0.05, 0) is 44.4 Å². The van der Waals surface area contributed by atoms with Crippen molar-refractivity contribution in [3.8, 4) is 0 Å². The van der Waals surface area contributed by atoms with Crippen molar-refractivity contribution in [2.24, 2.45) is 11.8 Å². The van der Waals surface area contributed by atoms with Gasteiger partial charge in [-0.15, -0.1) is 0 Å². The molecule has 0 aromatic heterocycles. The summed E-state index contributed by atoms with van der Waals surface area (Å²) >= 11 is 0. The van der Waals surface area contributed by atoms with Gasteiger partial charge in [0.2, 0.25) is 5.91 Å². The van der Waals surface area contributed by atoms with E-state index in [1.165, 1.54) is 0 Å². The van der Waals surface area contributed by atoms with E-state index in [0.717, 1.165) is 57.3 Å². The SMILES string of the molecule is CC1CCC(C(=O)NC2(CC(=O)O)CCCC2)CC1. The summed E-state index contributed by atoms with van der Waals surface area (Å²) in [4.78, 5) is 23.4. The molecule has 4 nitrogen and oxygen atoms in total. The van der Waals surface area contributed by atoms with Crippen LogP contribution < -0.4 is 5.32 Å². The Balaban J connectivity index is 1.93. The van der Waals surface area contributed by atoms with Crippen LogP contribution in [0.4, 0.5) is 0 Å². The molecule has 0 heterocycles. The summed E-state index contributed by atoms with van der Waals surface area (Å²) in [6.45, 7) is 2.23. The Morgan fingerprint density at radius 3 is 2.26 bits per heavy atom. The molecule has 108 valence electrons. The van der Waals surface area contributed by atoms with E-state index in [1.807, 2.05) is 0 Å². The van der Waals surface area contributed by atoms with E-state index in [0.29, 0.717) is 0 Å². The van der Waals surface area contributed by atoms with Crippen LogP contribution in [0.15, 0.2) is 0 Å². The molecule has 2 aliphatic carbocycles. The monoisotopic (exact) mass is 267 g/mol. The van der Waals surface area contributed by atoms with Crippen molar-refractivity contribution in [1.29, 1.82) is 0 Å². The van der Waals surface area contributed by atoms with Gasteiger partial charge in [0.25, 0.3) is 0 Å². The van der Waals surface area contributed by atoms with E-state index < -0.39 is 11.5 Å². The lowest BCUT2D eigenvalue weighted by Crippen LogP contribution is -2.50. The maximum Gasteiger partial charge on any atom is 0.305 e. The van der Waals surface area contributed by atoms with Crippen molar-refractivity contribution in [3.63, 3.8) is 0 Å². The lowest BCUT2D eigenvalue weighted by molar-refractivity contribution is -0.139. The zero-order chi connectivity index (χ0) is 13.9. The molecule has 2 aliphatic rings. The number of rotatable bonds is 4. The van der Waals surface area contributed by atoms with Crippen molar-refractivity contribution in [1.82, 2.24) is 5.32 Å². The predicted octanol–water partition coefficient (Wildman–Crippen LogP) is 2.72. The first-order valence-electron chi connectivity index (χ1n) is 7.55. The molecule has 0 bridgehead atoms. The molecule has 0 radical (unpaired) electrons. The fraction of sp³-hybridized carbons (Fsp3) is 0.867. The van der Waals surface area contributed by atoms with Crippen LogP contribution in [0.25, 0.3) is 0 Å². The van der Waals surface area contributed by atoms with Crippen LogP contribution in [0.1, 0.15) is 64.7 Å². The van der Waals surface area contributed by atoms with Gasteiger partial charge in [-0.2, -0.15) is 0 Å². The molecule has 1 amide bonds. The van der Waals surface area contributed by atoms with Crippen LogP contribution in [-0.4, -0.2) is 22.5 Å². The number of aliphatic carboxylic acids is 1. The van der Waals surface area contributed by atoms with E-state index in [1.54, 1.807) is 0 Å². The van der Waals surface area contributed by atoms with Gasteiger partial charge in [0, 0.05) is 5.92 Å². The zero-order valence-electron chi connectivity index (χ0n) is 11.8. The molecule has 2 N–H and O–H groups in total. The molecule has 2 fully saturated rings. The normalized spacial score (nSPS) is 29.9. The Hall–Kier alpha value is -1.06. The maximum atomic E-state index is 12.3. The molecule has 0 saturated heterocycles. The first-order chi connectivity index (χ1) is 9.01. The lowest BCUT2D eigenvalue weighted by Gasteiger charge is -2.33. The Kier molecular flexibility index (Phi) is 4.48. The minimum absolute atomic E-state index is 0.0713. The number of nitrogens with one attached hydrogen (secondary N) is 1. The number of hydrogen-bond acceptors (Lipinski definition) is 2. The van der Waals surface area contributed by atoms with Crippen molar-refractivity contribution < 1.29 is 14.7 Å². The average Bonchev–Trinajstić information content (AvgIpc) is 2.77. The van der Waals surface area contributed by atoms with E-state index >= 15 is 0 Å². The summed E-state index contributed by atoms with van der Waals surface area (Å²) in [5, 5.41) is 12.1. The molecule has 2 rings (SSSR count). The minimum atomic E-state index is -0.806. The molecule has 0 spiro atoms. The van der Waals surface area contributed by atoms with Crippen molar-refractivity contribution in [2.75, 3.05) is 0 Å². The topological polar surface area (TPSA) is 66.4 Å². The van der Waals surface area contributed by atoms with Crippen molar-refractivity contribution in [3.05, 3.63) is 0 Å². The lowest BCUT2D eigenvalue weighted by atomic mass is 9.81. The highest BCUT2D eigenvalue weighted by Gasteiger charge is 2.39. The summed E-state index contributed by atoms with van der Waals surface area (Å²) in [6, 6.07) is 0. The summed E-state index contributed by atoms with van der Waals surface area (Å²) < 4.78 is 0. The van der Waals surface area contributed by atoms with Crippen LogP contribution in [0, 0.1) is 11.8 Å². The molecule has 4 heteroatoms. The summed E-state index contributed by atoms with van der Waals surface area (Å²) in [6.07, 6.45) is 7.88. The Bertz CT molecular complexity index is 339. The molecule has 0 aromatic rings. The summed E-state index contributed by atoms with van der Waals surface area (Å²) in [7, 11) is 0. The Morgan fingerprint density at radius 1 is 1.16 bits per heavy atom. The van der Waals surface area contributed by atoms with Crippen molar-refractivity contribution in [2.45, 2.75) is 70.3 Å². The standard InChI is InChI=1S/C15H25NO3/c1-11-4-6-12(7-5-11)14(19)16-15(10-13(17)18)8-2-3-9-15/h11-12H,2-10H2,1H3,(H,16,19)(H,17,18). The second-order valence-electron chi connectivity index (χ2n) is 6.50. The van der Waals surface area contributed by atoms with Crippen LogP contribution in [0.2, 0.25) is 0 Å². The molecule has 0 unspecified atom stereocenters. The third-order valence-corrected chi connectivity index (χ3v) is 4.83.